The molecule has 1 aromatic heterocycles. The van der Waals surface area contributed by atoms with E-state index in [0.29, 0.717) is 12.6 Å². The van der Waals surface area contributed by atoms with Crippen LogP contribution in [0.4, 0.5) is 0 Å². The third-order valence-electron chi connectivity index (χ3n) is 1.86. The lowest BCUT2D eigenvalue weighted by molar-refractivity contribution is 0.556. The molecule has 0 saturated heterocycles. The van der Waals surface area contributed by atoms with Gasteiger partial charge < -0.3 is 11.1 Å². The molecule has 1 unspecified atom stereocenters. The molecule has 1 aromatic rings. The minimum Gasteiger partial charge on any atom is -0.329 e. The predicted molar refractivity (Wildman–Crippen MR) is 58.9 cm³/mol. The van der Waals surface area contributed by atoms with E-state index in [0.717, 1.165) is 13.0 Å². The Morgan fingerprint density at radius 2 is 2.54 bits per heavy atom. The normalized spacial score (nSPS) is 12.7. The van der Waals surface area contributed by atoms with Crippen molar-refractivity contribution < 1.29 is 0 Å². The second-order valence-electron chi connectivity index (χ2n) is 2.84. The average Bonchev–Trinajstić information content (AvgIpc) is 2.65. The molecule has 1 atom stereocenters. The summed E-state index contributed by atoms with van der Waals surface area (Å²) in [5, 5.41) is 5.46. The van der Waals surface area contributed by atoms with E-state index in [1.54, 1.807) is 11.3 Å². The number of hydrogen-bond acceptors (Lipinski definition) is 3. The molecule has 0 aromatic carbocycles. The van der Waals surface area contributed by atoms with Crippen molar-refractivity contribution in [3.8, 4) is 0 Å². The molecule has 1 rings (SSSR count). The highest BCUT2D eigenvalue weighted by Gasteiger charge is 2.08. The summed E-state index contributed by atoms with van der Waals surface area (Å²) >= 11 is 1.75. The number of thiophene rings is 1. The van der Waals surface area contributed by atoms with Gasteiger partial charge in [0.1, 0.15) is 0 Å². The molecule has 72 valence electrons. The first-order valence-corrected chi connectivity index (χ1v) is 5.34. The van der Waals surface area contributed by atoms with Gasteiger partial charge in [-0.2, -0.15) is 0 Å². The van der Waals surface area contributed by atoms with Gasteiger partial charge in [0.15, 0.2) is 0 Å². The maximum atomic E-state index is 5.66. The third kappa shape index (κ3) is 3.30. The molecule has 3 N–H and O–H groups in total. The first-order valence-electron chi connectivity index (χ1n) is 4.46. The third-order valence-corrected chi connectivity index (χ3v) is 2.85. The Labute approximate surface area is 83.5 Å². The zero-order valence-electron chi connectivity index (χ0n) is 7.70. The first-order chi connectivity index (χ1) is 6.38. The van der Waals surface area contributed by atoms with Crippen LogP contribution in [0, 0.1) is 0 Å². The highest BCUT2D eigenvalue weighted by molar-refractivity contribution is 7.10. The van der Waals surface area contributed by atoms with Gasteiger partial charge in [0, 0.05) is 11.4 Å². The fraction of sp³-hybridized carbons (Fsp3) is 0.400. The van der Waals surface area contributed by atoms with Gasteiger partial charge in [-0.3, -0.25) is 0 Å². The van der Waals surface area contributed by atoms with Crippen LogP contribution in [0.25, 0.3) is 0 Å². The van der Waals surface area contributed by atoms with Crippen LogP contribution in [0.5, 0.6) is 0 Å². The number of rotatable bonds is 6. The van der Waals surface area contributed by atoms with Gasteiger partial charge >= 0.3 is 0 Å². The van der Waals surface area contributed by atoms with Crippen molar-refractivity contribution in [2.24, 2.45) is 5.73 Å². The zero-order chi connectivity index (χ0) is 9.52. The van der Waals surface area contributed by atoms with Crippen LogP contribution >= 0.6 is 11.3 Å². The Balaban J connectivity index is 2.39. The molecular formula is C10H16N2S. The van der Waals surface area contributed by atoms with Crippen molar-refractivity contribution in [1.29, 1.82) is 0 Å². The highest BCUT2D eigenvalue weighted by Crippen LogP contribution is 2.17. The van der Waals surface area contributed by atoms with E-state index in [1.807, 2.05) is 6.08 Å². The van der Waals surface area contributed by atoms with Crippen molar-refractivity contribution in [2.45, 2.75) is 12.5 Å². The second-order valence-corrected chi connectivity index (χ2v) is 3.81. The summed E-state index contributed by atoms with van der Waals surface area (Å²) in [4.78, 5) is 1.31. The predicted octanol–water partition coefficient (Wildman–Crippen LogP) is 1.91. The SMILES string of the molecule is C=CCCNC(CN)c1cccs1. The van der Waals surface area contributed by atoms with Gasteiger partial charge in [0.2, 0.25) is 0 Å². The van der Waals surface area contributed by atoms with Crippen LogP contribution in [-0.2, 0) is 0 Å². The maximum Gasteiger partial charge on any atom is 0.0539 e. The van der Waals surface area contributed by atoms with E-state index in [1.165, 1.54) is 4.88 Å². The molecule has 0 aliphatic heterocycles. The van der Waals surface area contributed by atoms with Gasteiger partial charge in [-0.05, 0) is 24.4 Å². The van der Waals surface area contributed by atoms with E-state index in [2.05, 4.69) is 29.4 Å². The van der Waals surface area contributed by atoms with E-state index < -0.39 is 0 Å². The molecule has 0 aliphatic carbocycles. The smallest absolute Gasteiger partial charge is 0.0539 e. The van der Waals surface area contributed by atoms with Crippen LogP contribution < -0.4 is 11.1 Å². The van der Waals surface area contributed by atoms with Gasteiger partial charge in [0.25, 0.3) is 0 Å². The lowest BCUT2D eigenvalue weighted by Gasteiger charge is -2.14. The Hall–Kier alpha value is -0.640. The summed E-state index contributed by atoms with van der Waals surface area (Å²) in [5.41, 5.74) is 5.66. The lowest BCUT2D eigenvalue weighted by Crippen LogP contribution is -2.28. The Bertz CT molecular complexity index is 231. The molecule has 0 aliphatic rings. The van der Waals surface area contributed by atoms with E-state index in [9.17, 15) is 0 Å². The minimum atomic E-state index is 0.306. The largest absolute Gasteiger partial charge is 0.329 e. The van der Waals surface area contributed by atoms with Crippen molar-refractivity contribution in [3.05, 3.63) is 35.0 Å². The molecule has 0 radical (unpaired) electrons. The molecule has 2 nitrogen and oxygen atoms in total. The second kappa shape index (κ2) is 5.91. The van der Waals surface area contributed by atoms with E-state index in [4.69, 9.17) is 5.73 Å². The number of nitrogens with two attached hydrogens (primary N) is 1. The van der Waals surface area contributed by atoms with Gasteiger partial charge in [-0.1, -0.05) is 12.1 Å². The Kier molecular flexibility index (Phi) is 4.75. The highest BCUT2D eigenvalue weighted by atomic mass is 32.1. The summed E-state index contributed by atoms with van der Waals surface area (Å²) in [6.45, 7) is 5.28. The molecule has 1 heterocycles. The topological polar surface area (TPSA) is 38.0 Å². The molecule has 3 heteroatoms. The molecule has 0 fully saturated rings. The van der Waals surface area contributed by atoms with E-state index in [-0.39, 0.29) is 0 Å². The van der Waals surface area contributed by atoms with Crippen molar-refractivity contribution in [2.75, 3.05) is 13.1 Å². The fourth-order valence-electron chi connectivity index (χ4n) is 1.15. The van der Waals surface area contributed by atoms with E-state index >= 15 is 0 Å². The average molecular weight is 196 g/mol. The first kappa shape index (κ1) is 10.4. The Morgan fingerprint density at radius 3 is 3.08 bits per heavy atom. The molecule has 0 bridgehead atoms. The van der Waals surface area contributed by atoms with Crippen LogP contribution in [0.1, 0.15) is 17.3 Å². The maximum absolute atomic E-state index is 5.66. The van der Waals surface area contributed by atoms with Crippen molar-refractivity contribution >= 4 is 11.3 Å². The summed E-state index contributed by atoms with van der Waals surface area (Å²) < 4.78 is 0. The summed E-state index contributed by atoms with van der Waals surface area (Å²) in [6, 6.07) is 4.47. The van der Waals surface area contributed by atoms with Crippen LogP contribution in [-0.4, -0.2) is 13.1 Å². The fourth-order valence-corrected chi connectivity index (χ4v) is 1.96. The molecule has 0 spiro atoms. The summed E-state index contributed by atoms with van der Waals surface area (Å²) in [5.74, 6) is 0. The van der Waals surface area contributed by atoms with Crippen molar-refractivity contribution in [3.63, 3.8) is 0 Å². The Morgan fingerprint density at radius 1 is 1.69 bits per heavy atom. The number of nitrogens with one attached hydrogen (secondary N) is 1. The number of hydrogen-bond donors (Lipinski definition) is 2. The molecular weight excluding hydrogens is 180 g/mol. The summed E-state index contributed by atoms with van der Waals surface area (Å²) in [7, 11) is 0. The standard InChI is InChI=1S/C10H16N2S/c1-2-3-6-12-9(8-11)10-5-4-7-13-10/h2,4-5,7,9,12H,1,3,6,8,11H2. The van der Waals surface area contributed by atoms with Gasteiger partial charge in [-0.25, -0.2) is 0 Å². The van der Waals surface area contributed by atoms with Crippen LogP contribution in [0.2, 0.25) is 0 Å². The monoisotopic (exact) mass is 196 g/mol. The van der Waals surface area contributed by atoms with Gasteiger partial charge in [-0.15, -0.1) is 17.9 Å². The van der Waals surface area contributed by atoms with Gasteiger partial charge in [0.05, 0.1) is 6.04 Å². The minimum absolute atomic E-state index is 0.306. The van der Waals surface area contributed by atoms with Crippen LogP contribution in [0.15, 0.2) is 30.2 Å². The molecule has 0 saturated carbocycles. The van der Waals surface area contributed by atoms with Crippen molar-refractivity contribution in [1.82, 2.24) is 5.32 Å². The zero-order valence-corrected chi connectivity index (χ0v) is 8.52. The quantitative estimate of drug-likeness (QED) is 0.539. The lowest BCUT2D eigenvalue weighted by atomic mass is 10.2. The molecule has 0 amide bonds. The summed E-state index contributed by atoms with van der Waals surface area (Å²) in [6.07, 6.45) is 2.90. The molecule has 13 heavy (non-hydrogen) atoms. The van der Waals surface area contributed by atoms with Crippen LogP contribution in [0.3, 0.4) is 0 Å².